The highest BCUT2D eigenvalue weighted by Gasteiger charge is 2.16. The minimum atomic E-state index is -1.28. The molecule has 1 aromatic carbocycles. The molecule has 0 unspecified atom stereocenters. The Hall–Kier alpha value is -1.19. The molecule has 0 aliphatic heterocycles. The summed E-state index contributed by atoms with van der Waals surface area (Å²) in [6.07, 6.45) is 0.0749. The van der Waals surface area contributed by atoms with Gasteiger partial charge in [0.2, 0.25) is 0 Å². The molecule has 0 heterocycles. The first-order chi connectivity index (χ1) is 5.57. The second kappa shape index (κ2) is 3.05. The molecule has 0 saturated carbocycles. The molecule has 0 atom stereocenters. The molecule has 1 nitrogen and oxygen atoms in total. The summed E-state index contributed by atoms with van der Waals surface area (Å²) in [4.78, 5) is 0. The molecule has 0 bridgehead atoms. The number of phenols is 1. The standard InChI is InChI=1S/C8H7F3O/c1-2-4-5(9)3-6(10)8(12)7(4)11/h3,12H,2H2,1H3. The summed E-state index contributed by atoms with van der Waals surface area (Å²) in [7, 11) is 0. The Labute approximate surface area is 67.5 Å². The van der Waals surface area contributed by atoms with Gasteiger partial charge in [-0.25, -0.2) is 13.2 Å². The van der Waals surface area contributed by atoms with Crippen LogP contribution in [0.1, 0.15) is 12.5 Å². The third-order valence-corrected chi connectivity index (χ3v) is 1.59. The van der Waals surface area contributed by atoms with E-state index in [2.05, 4.69) is 0 Å². The quantitative estimate of drug-likeness (QED) is 0.696. The molecule has 1 rings (SSSR count). The number of hydrogen-bond acceptors (Lipinski definition) is 1. The molecule has 4 heteroatoms. The summed E-state index contributed by atoms with van der Waals surface area (Å²) < 4.78 is 37.9. The van der Waals surface area contributed by atoms with Crippen LogP contribution in [-0.4, -0.2) is 5.11 Å². The van der Waals surface area contributed by atoms with Crippen molar-refractivity contribution >= 4 is 0 Å². The monoisotopic (exact) mass is 176 g/mol. The van der Waals surface area contributed by atoms with Crippen molar-refractivity contribution in [3.63, 3.8) is 0 Å². The first-order valence-electron chi connectivity index (χ1n) is 3.43. The number of rotatable bonds is 1. The molecular formula is C8H7F3O. The highest BCUT2D eigenvalue weighted by molar-refractivity contribution is 5.32. The Morgan fingerprint density at radius 3 is 2.33 bits per heavy atom. The van der Waals surface area contributed by atoms with Crippen molar-refractivity contribution in [3.05, 3.63) is 29.1 Å². The van der Waals surface area contributed by atoms with Crippen LogP contribution in [0.2, 0.25) is 0 Å². The minimum absolute atomic E-state index is 0.0749. The molecule has 66 valence electrons. The normalized spacial score (nSPS) is 10.3. The molecular weight excluding hydrogens is 169 g/mol. The van der Waals surface area contributed by atoms with Crippen LogP contribution >= 0.6 is 0 Å². The first kappa shape index (κ1) is 8.90. The van der Waals surface area contributed by atoms with E-state index in [4.69, 9.17) is 5.11 Å². The molecule has 0 aliphatic rings. The molecule has 1 aromatic rings. The lowest BCUT2D eigenvalue weighted by Gasteiger charge is -2.03. The van der Waals surface area contributed by atoms with Crippen LogP contribution in [-0.2, 0) is 6.42 Å². The fraction of sp³-hybridized carbons (Fsp3) is 0.250. The average Bonchev–Trinajstić information content (AvgIpc) is 2.01. The minimum Gasteiger partial charge on any atom is -0.503 e. The van der Waals surface area contributed by atoms with E-state index in [0.717, 1.165) is 0 Å². The first-order valence-corrected chi connectivity index (χ1v) is 3.43. The van der Waals surface area contributed by atoms with Crippen LogP contribution < -0.4 is 0 Å². The van der Waals surface area contributed by atoms with Gasteiger partial charge in [0.05, 0.1) is 0 Å². The van der Waals surface area contributed by atoms with Crippen LogP contribution in [0, 0.1) is 17.5 Å². The highest BCUT2D eigenvalue weighted by Crippen LogP contribution is 2.25. The topological polar surface area (TPSA) is 20.2 Å². The summed E-state index contributed by atoms with van der Waals surface area (Å²) in [5.41, 5.74) is -0.297. The molecule has 12 heavy (non-hydrogen) atoms. The third-order valence-electron chi connectivity index (χ3n) is 1.59. The lowest BCUT2D eigenvalue weighted by atomic mass is 10.1. The second-order valence-corrected chi connectivity index (χ2v) is 2.33. The molecule has 0 radical (unpaired) electrons. The number of phenolic OH excluding ortho intramolecular Hbond substituents is 1. The molecule has 0 saturated heterocycles. The number of hydrogen-bond donors (Lipinski definition) is 1. The summed E-state index contributed by atoms with van der Waals surface area (Å²) in [5, 5.41) is 8.73. The van der Waals surface area contributed by atoms with Gasteiger partial charge in [0.25, 0.3) is 0 Å². The average molecular weight is 176 g/mol. The van der Waals surface area contributed by atoms with Crippen molar-refractivity contribution in [1.29, 1.82) is 0 Å². The molecule has 0 spiro atoms. The zero-order valence-corrected chi connectivity index (χ0v) is 6.37. The highest BCUT2D eigenvalue weighted by atomic mass is 19.1. The predicted octanol–water partition coefficient (Wildman–Crippen LogP) is 2.37. The van der Waals surface area contributed by atoms with E-state index in [0.29, 0.717) is 6.07 Å². The van der Waals surface area contributed by atoms with Gasteiger partial charge >= 0.3 is 0 Å². The molecule has 0 amide bonds. The predicted molar refractivity (Wildman–Crippen MR) is 37.4 cm³/mol. The smallest absolute Gasteiger partial charge is 0.188 e. The Morgan fingerprint density at radius 2 is 1.83 bits per heavy atom. The van der Waals surface area contributed by atoms with Gasteiger partial charge in [-0.15, -0.1) is 0 Å². The van der Waals surface area contributed by atoms with Crippen molar-refractivity contribution in [2.24, 2.45) is 0 Å². The van der Waals surface area contributed by atoms with Gasteiger partial charge in [-0.3, -0.25) is 0 Å². The fourth-order valence-electron chi connectivity index (χ4n) is 0.943. The summed E-state index contributed by atoms with van der Waals surface area (Å²) in [6.45, 7) is 1.51. The van der Waals surface area contributed by atoms with Crippen molar-refractivity contribution in [3.8, 4) is 5.75 Å². The van der Waals surface area contributed by atoms with E-state index in [1.165, 1.54) is 6.92 Å². The summed E-state index contributed by atoms with van der Waals surface area (Å²) >= 11 is 0. The molecule has 0 aliphatic carbocycles. The largest absolute Gasteiger partial charge is 0.503 e. The van der Waals surface area contributed by atoms with E-state index in [-0.39, 0.29) is 12.0 Å². The Bertz CT molecular complexity index is 310. The maximum atomic E-state index is 12.8. The lowest BCUT2D eigenvalue weighted by molar-refractivity contribution is 0.385. The van der Waals surface area contributed by atoms with E-state index in [1.807, 2.05) is 0 Å². The molecule has 0 aromatic heterocycles. The Morgan fingerprint density at radius 1 is 1.25 bits per heavy atom. The van der Waals surface area contributed by atoms with Crippen LogP contribution in [0.15, 0.2) is 6.07 Å². The second-order valence-electron chi connectivity index (χ2n) is 2.33. The van der Waals surface area contributed by atoms with Crippen LogP contribution in [0.25, 0.3) is 0 Å². The Kier molecular flexibility index (Phi) is 2.26. The van der Waals surface area contributed by atoms with Crippen molar-refractivity contribution < 1.29 is 18.3 Å². The SMILES string of the molecule is CCc1c(F)cc(F)c(O)c1F. The van der Waals surface area contributed by atoms with Gasteiger partial charge in [0, 0.05) is 11.6 Å². The van der Waals surface area contributed by atoms with Crippen LogP contribution in [0.5, 0.6) is 5.75 Å². The van der Waals surface area contributed by atoms with Gasteiger partial charge in [0.1, 0.15) is 5.82 Å². The van der Waals surface area contributed by atoms with Crippen molar-refractivity contribution in [2.75, 3.05) is 0 Å². The van der Waals surface area contributed by atoms with Gasteiger partial charge in [0.15, 0.2) is 17.4 Å². The van der Waals surface area contributed by atoms with E-state index in [1.54, 1.807) is 0 Å². The van der Waals surface area contributed by atoms with Gasteiger partial charge in [-0.1, -0.05) is 6.92 Å². The maximum absolute atomic E-state index is 12.8. The van der Waals surface area contributed by atoms with Gasteiger partial charge < -0.3 is 5.11 Å². The zero-order valence-electron chi connectivity index (χ0n) is 6.37. The number of halogens is 3. The van der Waals surface area contributed by atoms with Crippen LogP contribution in [0.4, 0.5) is 13.2 Å². The van der Waals surface area contributed by atoms with E-state index < -0.39 is 23.2 Å². The lowest BCUT2D eigenvalue weighted by Crippen LogP contribution is -1.96. The number of benzene rings is 1. The molecule has 1 N–H and O–H groups in total. The van der Waals surface area contributed by atoms with Crippen LogP contribution in [0.3, 0.4) is 0 Å². The summed E-state index contributed by atoms with van der Waals surface area (Å²) in [5.74, 6) is -4.57. The van der Waals surface area contributed by atoms with E-state index >= 15 is 0 Å². The third kappa shape index (κ3) is 1.24. The van der Waals surface area contributed by atoms with E-state index in [9.17, 15) is 13.2 Å². The van der Waals surface area contributed by atoms with Crippen molar-refractivity contribution in [2.45, 2.75) is 13.3 Å². The van der Waals surface area contributed by atoms with Crippen molar-refractivity contribution in [1.82, 2.24) is 0 Å². The fourth-order valence-corrected chi connectivity index (χ4v) is 0.943. The van der Waals surface area contributed by atoms with Gasteiger partial charge in [-0.2, -0.15) is 0 Å². The Balaban J connectivity index is 3.40. The number of aromatic hydroxyl groups is 1. The maximum Gasteiger partial charge on any atom is 0.188 e. The molecule has 0 fully saturated rings. The summed E-state index contributed by atoms with van der Waals surface area (Å²) in [6, 6.07) is 0.469. The zero-order chi connectivity index (χ0) is 9.30. The van der Waals surface area contributed by atoms with Gasteiger partial charge in [-0.05, 0) is 6.42 Å².